The van der Waals surface area contributed by atoms with Gasteiger partial charge < -0.3 is 34.5 Å². The van der Waals surface area contributed by atoms with Crippen LogP contribution in [-0.4, -0.2) is 56.5 Å². The van der Waals surface area contributed by atoms with E-state index in [1.807, 2.05) is 24.3 Å². The molecule has 192 valence electrons. The van der Waals surface area contributed by atoms with E-state index < -0.39 is 0 Å². The number of nitrogens with zero attached hydrogens (tertiary/aromatic N) is 5. The van der Waals surface area contributed by atoms with Crippen LogP contribution in [0.5, 0.6) is 23.0 Å². The van der Waals surface area contributed by atoms with Crippen LogP contribution in [0.2, 0.25) is 0 Å². The number of aromatic nitrogens is 3. The molecule has 5 rings (SSSR count). The Morgan fingerprint density at radius 3 is 1.33 bits per heavy atom. The largest absolute Gasteiger partial charge is 0.493 e. The molecule has 0 saturated carbocycles. The SMILES string of the molecule is COc1cc2c(cc1OC)CN(c1nc(N)nc(N3CCc4cc(OC)c(OC)cc4C3)n1)CC2.Cl. The standard InChI is InChI=1S/C25H30N6O4.ClH/c1-32-19-9-15-5-7-30(13-17(15)11-21(19)34-3)24-27-23(26)28-25(29-24)31-8-6-16-10-20(33-2)22(35-4)12-18(16)14-31;/h9-12H,5-8,13-14H2,1-4H3,(H2,26,27,28,29);1H. The number of halogens is 1. The highest BCUT2D eigenvalue weighted by molar-refractivity contribution is 5.85. The van der Waals surface area contributed by atoms with Crippen LogP contribution in [0, 0.1) is 0 Å². The summed E-state index contributed by atoms with van der Waals surface area (Å²) < 4.78 is 21.9. The molecule has 0 bridgehead atoms. The summed E-state index contributed by atoms with van der Waals surface area (Å²) in [5.74, 6) is 4.27. The van der Waals surface area contributed by atoms with Crippen molar-refractivity contribution in [3.8, 4) is 23.0 Å². The van der Waals surface area contributed by atoms with E-state index in [9.17, 15) is 0 Å². The normalized spacial score (nSPS) is 14.3. The summed E-state index contributed by atoms with van der Waals surface area (Å²) in [6.07, 6.45) is 1.69. The molecule has 0 saturated heterocycles. The summed E-state index contributed by atoms with van der Waals surface area (Å²) in [5.41, 5.74) is 10.9. The van der Waals surface area contributed by atoms with Crippen LogP contribution in [0.25, 0.3) is 0 Å². The predicted octanol–water partition coefficient (Wildman–Crippen LogP) is 3.04. The summed E-state index contributed by atoms with van der Waals surface area (Å²) in [6.45, 7) is 2.84. The number of methoxy groups -OCH3 is 4. The first kappa shape index (κ1) is 25.4. The fraction of sp³-hybridized carbons (Fsp3) is 0.400. The Kier molecular flexibility index (Phi) is 7.44. The number of anilines is 3. The summed E-state index contributed by atoms with van der Waals surface area (Å²) >= 11 is 0. The predicted molar refractivity (Wildman–Crippen MR) is 140 cm³/mol. The Labute approximate surface area is 216 Å². The van der Waals surface area contributed by atoms with E-state index in [0.29, 0.717) is 36.5 Å². The van der Waals surface area contributed by atoms with Crippen LogP contribution >= 0.6 is 12.4 Å². The lowest BCUT2D eigenvalue weighted by molar-refractivity contribution is 0.353. The number of fused-ring (bicyclic) bond motifs is 2. The maximum atomic E-state index is 6.14. The molecular formula is C25H31ClN6O4. The van der Waals surface area contributed by atoms with E-state index >= 15 is 0 Å². The van der Waals surface area contributed by atoms with E-state index in [-0.39, 0.29) is 18.4 Å². The topological polar surface area (TPSA) is 108 Å². The van der Waals surface area contributed by atoms with Gasteiger partial charge in [-0.15, -0.1) is 12.4 Å². The zero-order valence-corrected chi connectivity index (χ0v) is 21.7. The molecule has 0 fully saturated rings. The molecule has 3 heterocycles. The molecule has 2 aliphatic heterocycles. The first-order valence-corrected chi connectivity index (χ1v) is 11.5. The number of nitrogens with two attached hydrogens (primary N) is 1. The van der Waals surface area contributed by atoms with Crippen molar-refractivity contribution in [1.82, 2.24) is 15.0 Å². The lowest BCUT2D eigenvalue weighted by Crippen LogP contribution is -2.35. The summed E-state index contributed by atoms with van der Waals surface area (Å²) in [5, 5.41) is 0. The highest BCUT2D eigenvalue weighted by Gasteiger charge is 2.25. The summed E-state index contributed by atoms with van der Waals surface area (Å²) in [4.78, 5) is 18.0. The minimum Gasteiger partial charge on any atom is -0.493 e. The van der Waals surface area contributed by atoms with Gasteiger partial charge >= 0.3 is 0 Å². The lowest BCUT2D eigenvalue weighted by atomic mass is 9.99. The molecule has 0 spiro atoms. The van der Waals surface area contributed by atoms with Crippen molar-refractivity contribution in [1.29, 1.82) is 0 Å². The van der Waals surface area contributed by atoms with Gasteiger partial charge in [-0.25, -0.2) is 0 Å². The molecule has 11 heteroatoms. The van der Waals surface area contributed by atoms with Crippen molar-refractivity contribution in [3.05, 3.63) is 46.5 Å². The third-order valence-electron chi connectivity index (χ3n) is 6.63. The van der Waals surface area contributed by atoms with Crippen LogP contribution in [0.4, 0.5) is 17.8 Å². The van der Waals surface area contributed by atoms with Crippen LogP contribution < -0.4 is 34.5 Å². The zero-order chi connectivity index (χ0) is 24.5. The summed E-state index contributed by atoms with van der Waals surface area (Å²) in [6, 6.07) is 8.14. The first-order valence-electron chi connectivity index (χ1n) is 11.5. The summed E-state index contributed by atoms with van der Waals surface area (Å²) in [7, 11) is 6.60. The third-order valence-corrected chi connectivity index (χ3v) is 6.63. The molecule has 2 aromatic carbocycles. The van der Waals surface area contributed by atoms with Gasteiger partial charge in [0.05, 0.1) is 28.4 Å². The van der Waals surface area contributed by atoms with Gasteiger partial charge in [0.15, 0.2) is 23.0 Å². The molecule has 10 nitrogen and oxygen atoms in total. The molecule has 0 unspecified atom stereocenters. The van der Waals surface area contributed by atoms with Crippen molar-refractivity contribution < 1.29 is 18.9 Å². The number of benzene rings is 2. The van der Waals surface area contributed by atoms with Gasteiger partial charge in [-0.2, -0.15) is 15.0 Å². The molecule has 2 N–H and O–H groups in total. The molecule has 0 atom stereocenters. The lowest BCUT2D eigenvalue weighted by Gasteiger charge is -2.32. The average Bonchev–Trinajstić information content (AvgIpc) is 2.90. The van der Waals surface area contributed by atoms with Gasteiger partial charge in [0.1, 0.15) is 0 Å². The van der Waals surface area contributed by atoms with E-state index in [0.717, 1.165) is 48.6 Å². The maximum Gasteiger partial charge on any atom is 0.232 e. The fourth-order valence-corrected chi connectivity index (χ4v) is 4.76. The third kappa shape index (κ3) is 4.73. The van der Waals surface area contributed by atoms with Crippen LogP contribution in [0.15, 0.2) is 24.3 Å². The average molecular weight is 515 g/mol. The van der Waals surface area contributed by atoms with Crippen molar-refractivity contribution >= 4 is 30.3 Å². The number of hydrogen-bond donors (Lipinski definition) is 1. The molecule has 2 aliphatic rings. The van der Waals surface area contributed by atoms with Crippen LogP contribution in [-0.2, 0) is 25.9 Å². The Bertz CT molecular complexity index is 1170. The molecule has 0 amide bonds. The van der Waals surface area contributed by atoms with Crippen molar-refractivity contribution in [2.75, 3.05) is 57.1 Å². The Morgan fingerprint density at radius 1 is 0.611 bits per heavy atom. The van der Waals surface area contributed by atoms with E-state index in [2.05, 4.69) is 19.8 Å². The van der Waals surface area contributed by atoms with Crippen molar-refractivity contribution in [2.24, 2.45) is 0 Å². The molecule has 0 aliphatic carbocycles. The van der Waals surface area contributed by atoms with Gasteiger partial charge in [0, 0.05) is 26.2 Å². The zero-order valence-electron chi connectivity index (χ0n) is 20.9. The number of nitrogen functional groups attached to an aromatic ring is 1. The minimum atomic E-state index is 0. The molecule has 1 aromatic heterocycles. The van der Waals surface area contributed by atoms with Gasteiger partial charge in [0.25, 0.3) is 0 Å². The number of rotatable bonds is 6. The van der Waals surface area contributed by atoms with Gasteiger partial charge in [-0.3, -0.25) is 0 Å². The smallest absolute Gasteiger partial charge is 0.232 e. The van der Waals surface area contributed by atoms with Crippen molar-refractivity contribution in [2.45, 2.75) is 25.9 Å². The van der Waals surface area contributed by atoms with E-state index in [4.69, 9.17) is 29.7 Å². The van der Waals surface area contributed by atoms with Gasteiger partial charge in [0.2, 0.25) is 17.8 Å². The molecule has 36 heavy (non-hydrogen) atoms. The molecular weight excluding hydrogens is 484 g/mol. The quantitative estimate of drug-likeness (QED) is 0.527. The second-order valence-corrected chi connectivity index (χ2v) is 8.59. The Morgan fingerprint density at radius 2 is 0.972 bits per heavy atom. The van der Waals surface area contributed by atoms with Gasteiger partial charge in [-0.05, 0) is 59.4 Å². The van der Waals surface area contributed by atoms with E-state index in [1.54, 1.807) is 28.4 Å². The number of ether oxygens (including phenoxy) is 4. The van der Waals surface area contributed by atoms with E-state index in [1.165, 1.54) is 11.1 Å². The fourth-order valence-electron chi connectivity index (χ4n) is 4.76. The van der Waals surface area contributed by atoms with Crippen molar-refractivity contribution in [3.63, 3.8) is 0 Å². The first-order chi connectivity index (χ1) is 17.0. The van der Waals surface area contributed by atoms with Crippen LogP contribution in [0.1, 0.15) is 22.3 Å². The Hall–Kier alpha value is -3.66. The van der Waals surface area contributed by atoms with Gasteiger partial charge in [-0.1, -0.05) is 0 Å². The second kappa shape index (κ2) is 10.5. The number of hydrogen-bond acceptors (Lipinski definition) is 10. The molecule has 3 aromatic rings. The maximum absolute atomic E-state index is 6.14. The minimum absolute atomic E-state index is 0. The second-order valence-electron chi connectivity index (χ2n) is 8.59. The Balaban J connectivity index is 0.00000304. The van der Waals surface area contributed by atoms with Crippen LogP contribution in [0.3, 0.4) is 0 Å². The molecule has 0 radical (unpaired) electrons. The highest BCUT2D eigenvalue weighted by Crippen LogP contribution is 2.36. The monoisotopic (exact) mass is 514 g/mol. The highest BCUT2D eigenvalue weighted by atomic mass is 35.5.